The zero-order valence-electron chi connectivity index (χ0n) is 25.4. The Bertz CT molecular complexity index is 1480. The number of esters is 1. The number of aromatic nitrogens is 2. The smallest absolute Gasteiger partial charge is 0.406 e. The van der Waals surface area contributed by atoms with E-state index in [1.165, 1.54) is 24.3 Å². The molecular formula is C32H40BrF3N4O3. The SMILES string of the molecule is CO[C@@H](C)c1ncc(N2CCN(C3CC3)CC2)cc1-c1c(CC(C)(C)COC(C)=O)c2cc(Br)ccc2n1CC(F)(F)F. The van der Waals surface area contributed by atoms with Crippen LogP contribution in [0.1, 0.15) is 57.9 Å². The maximum atomic E-state index is 14.3. The molecule has 3 aromatic rings. The van der Waals surface area contributed by atoms with Crippen molar-refractivity contribution in [3.8, 4) is 11.3 Å². The summed E-state index contributed by atoms with van der Waals surface area (Å²) in [5.74, 6) is -0.398. The maximum Gasteiger partial charge on any atom is 0.406 e. The second-order valence-corrected chi connectivity index (χ2v) is 13.5. The van der Waals surface area contributed by atoms with E-state index in [1.54, 1.807) is 19.2 Å². The Balaban J connectivity index is 1.70. The molecule has 7 nitrogen and oxygen atoms in total. The molecule has 234 valence electrons. The van der Waals surface area contributed by atoms with E-state index in [1.807, 2.05) is 39.1 Å². The van der Waals surface area contributed by atoms with Crippen molar-refractivity contribution in [1.29, 1.82) is 0 Å². The number of piperazine rings is 1. The number of alkyl halides is 3. The largest absolute Gasteiger partial charge is 0.465 e. The normalized spacial score (nSPS) is 17.5. The van der Waals surface area contributed by atoms with Gasteiger partial charge in [-0.3, -0.25) is 14.7 Å². The molecule has 2 fully saturated rings. The Morgan fingerprint density at radius 3 is 2.44 bits per heavy atom. The molecule has 0 amide bonds. The Morgan fingerprint density at radius 1 is 1.14 bits per heavy atom. The number of rotatable bonds is 10. The third-order valence-electron chi connectivity index (χ3n) is 8.43. The van der Waals surface area contributed by atoms with Gasteiger partial charge in [0.2, 0.25) is 0 Å². The van der Waals surface area contributed by atoms with Gasteiger partial charge in [-0.1, -0.05) is 29.8 Å². The van der Waals surface area contributed by atoms with Crippen LogP contribution in [0, 0.1) is 5.41 Å². The van der Waals surface area contributed by atoms with Crippen molar-refractivity contribution in [3.05, 3.63) is 46.2 Å². The lowest BCUT2D eigenvalue weighted by molar-refractivity contribution is -0.144. The van der Waals surface area contributed by atoms with Crippen LogP contribution >= 0.6 is 15.9 Å². The van der Waals surface area contributed by atoms with Gasteiger partial charge in [-0.05, 0) is 56.0 Å². The van der Waals surface area contributed by atoms with E-state index in [-0.39, 0.29) is 6.61 Å². The van der Waals surface area contributed by atoms with Crippen LogP contribution in [0.4, 0.5) is 18.9 Å². The maximum absolute atomic E-state index is 14.3. The Morgan fingerprint density at radius 2 is 1.84 bits per heavy atom. The molecule has 0 N–H and O–H groups in total. The summed E-state index contributed by atoms with van der Waals surface area (Å²) in [4.78, 5) is 21.3. The third kappa shape index (κ3) is 7.37. The van der Waals surface area contributed by atoms with Gasteiger partial charge < -0.3 is 18.9 Å². The van der Waals surface area contributed by atoms with Crippen LogP contribution in [0.25, 0.3) is 22.2 Å². The summed E-state index contributed by atoms with van der Waals surface area (Å²) < 4.78 is 56.0. The summed E-state index contributed by atoms with van der Waals surface area (Å²) in [5, 5.41) is 0.712. The highest BCUT2D eigenvalue weighted by atomic mass is 79.9. The Kier molecular flexibility index (Phi) is 9.17. The predicted octanol–water partition coefficient (Wildman–Crippen LogP) is 7.15. The minimum atomic E-state index is -4.46. The zero-order chi connectivity index (χ0) is 31.1. The molecule has 1 aromatic carbocycles. The van der Waals surface area contributed by atoms with Crippen LogP contribution in [0.3, 0.4) is 0 Å². The van der Waals surface area contributed by atoms with E-state index in [2.05, 4.69) is 25.7 Å². The van der Waals surface area contributed by atoms with Crippen molar-refractivity contribution in [2.45, 2.75) is 71.8 Å². The highest BCUT2D eigenvalue weighted by Crippen LogP contribution is 2.43. The summed E-state index contributed by atoms with van der Waals surface area (Å²) in [6, 6.07) is 8.04. The van der Waals surface area contributed by atoms with Gasteiger partial charge in [-0.15, -0.1) is 0 Å². The molecule has 1 atom stereocenters. The van der Waals surface area contributed by atoms with Crippen LogP contribution in [0.5, 0.6) is 0 Å². The number of anilines is 1. The number of pyridine rings is 1. The summed E-state index contributed by atoms with van der Waals surface area (Å²) in [6.45, 7) is 9.67. The van der Waals surface area contributed by atoms with E-state index < -0.39 is 30.2 Å². The molecule has 2 aliphatic rings. The highest BCUT2D eigenvalue weighted by Gasteiger charge is 2.35. The van der Waals surface area contributed by atoms with Crippen molar-refractivity contribution in [1.82, 2.24) is 14.5 Å². The number of carbonyl (C=O) groups is 1. The van der Waals surface area contributed by atoms with E-state index >= 15 is 0 Å². The Hall–Kier alpha value is -2.63. The van der Waals surface area contributed by atoms with Crippen molar-refractivity contribution < 1.29 is 27.4 Å². The first-order valence-electron chi connectivity index (χ1n) is 14.8. The molecule has 3 heterocycles. The van der Waals surface area contributed by atoms with Gasteiger partial charge in [-0.2, -0.15) is 13.2 Å². The topological polar surface area (TPSA) is 59.8 Å². The first kappa shape index (κ1) is 31.8. The minimum Gasteiger partial charge on any atom is -0.465 e. The number of carbonyl (C=O) groups excluding carboxylic acids is 1. The third-order valence-corrected chi connectivity index (χ3v) is 8.92. The van der Waals surface area contributed by atoms with Gasteiger partial charge in [0.05, 0.1) is 36.0 Å². The molecule has 0 bridgehead atoms. The summed E-state index contributed by atoms with van der Waals surface area (Å²) in [5.41, 5.74) is 3.21. The van der Waals surface area contributed by atoms with Crippen LogP contribution in [0.15, 0.2) is 34.9 Å². The molecule has 0 radical (unpaired) electrons. The minimum absolute atomic E-state index is 0.132. The molecule has 11 heteroatoms. The molecule has 43 heavy (non-hydrogen) atoms. The zero-order valence-corrected chi connectivity index (χ0v) is 27.0. The van der Waals surface area contributed by atoms with Gasteiger partial charge in [-0.25, -0.2) is 0 Å². The fourth-order valence-corrected chi connectivity index (χ4v) is 6.46. The van der Waals surface area contributed by atoms with Crippen LogP contribution in [-0.2, 0) is 27.2 Å². The standard InChI is InChI=1S/C32H40BrF3N4O3/c1-20(42-5)29-26(15-24(17-37-29)39-12-10-38(11-13-39)23-7-8-23)30-27(16-31(3,4)19-43-21(2)41)25-14-22(33)6-9-28(25)40(30)18-32(34,35)36/h6,9,14-15,17,20,23H,7-8,10-13,16,18-19H2,1-5H3/t20-/m0/s1. The quantitative estimate of drug-likeness (QED) is 0.215. The van der Waals surface area contributed by atoms with Crippen molar-refractivity contribution in [2.75, 3.05) is 44.8 Å². The number of fused-ring (bicyclic) bond motifs is 1. The lowest BCUT2D eigenvalue weighted by Gasteiger charge is -2.36. The molecule has 5 rings (SSSR count). The number of halogens is 4. The average Bonchev–Trinajstić information content (AvgIpc) is 3.76. The van der Waals surface area contributed by atoms with Gasteiger partial charge in [0.1, 0.15) is 6.54 Å². The van der Waals surface area contributed by atoms with Crippen molar-refractivity contribution in [2.24, 2.45) is 5.41 Å². The lowest BCUT2D eigenvalue weighted by Crippen LogP contribution is -2.47. The molecule has 0 unspecified atom stereocenters. The van der Waals surface area contributed by atoms with E-state index in [9.17, 15) is 18.0 Å². The number of hydrogen-bond donors (Lipinski definition) is 0. The van der Waals surface area contributed by atoms with Gasteiger partial charge in [0.25, 0.3) is 0 Å². The highest BCUT2D eigenvalue weighted by molar-refractivity contribution is 9.10. The van der Waals surface area contributed by atoms with Gasteiger partial charge >= 0.3 is 12.1 Å². The molecule has 1 saturated carbocycles. The molecule has 0 spiro atoms. The van der Waals surface area contributed by atoms with Crippen molar-refractivity contribution >= 4 is 38.5 Å². The van der Waals surface area contributed by atoms with Crippen LogP contribution in [-0.4, -0.2) is 72.5 Å². The summed E-state index contributed by atoms with van der Waals surface area (Å²) >= 11 is 3.54. The average molecular weight is 666 g/mol. The van der Waals surface area contributed by atoms with Gasteiger partial charge in [0.15, 0.2) is 0 Å². The first-order valence-corrected chi connectivity index (χ1v) is 15.6. The fraction of sp³-hybridized carbons (Fsp3) is 0.562. The molecule has 1 aliphatic heterocycles. The van der Waals surface area contributed by atoms with Gasteiger partial charge in [0, 0.05) is 72.6 Å². The Labute approximate surface area is 259 Å². The number of nitrogens with zero attached hydrogens (tertiary/aromatic N) is 4. The van der Waals surface area contributed by atoms with E-state index in [0.717, 1.165) is 41.9 Å². The van der Waals surface area contributed by atoms with Crippen molar-refractivity contribution in [3.63, 3.8) is 0 Å². The van der Waals surface area contributed by atoms with Crippen LogP contribution in [0.2, 0.25) is 0 Å². The van der Waals surface area contributed by atoms with E-state index in [0.29, 0.717) is 40.3 Å². The molecule has 2 aromatic heterocycles. The number of benzene rings is 1. The number of methoxy groups -OCH3 is 1. The molecular weight excluding hydrogens is 625 g/mol. The summed E-state index contributed by atoms with van der Waals surface area (Å²) in [6.07, 6.45) is -0.216. The molecule has 1 saturated heterocycles. The monoisotopic (exact) mass is 664 g/mol. The second-order valence-electron chi connectivity index (χ2n) is 12.6. The van der Waals surface area contributed by atoms with Crippen LogP contribution < -0.4 is 4.90 Å². The number of hydrogen-bond acceptors (Lipinski definition) is 6. The molecule has 1 aliphatic carbocycles. The number of ether oxygens (including phenoxy) is 2. The predicted molar refractivity (Wildman–Crippen MR) is 165 cm³/mol. The fourth-order valence-electron chi connectivity index (χ4n) is 6.10. The second kappa shape index (κ2) is 12.4. The lowest BCUT2D eigenvalue weighted by atomic mass is 9.84. The first-order chi connectivity index (χ1) is 20.3. The summed E-state index contributed by atoms with van der Waals surface area (Å²) in [7, 11) is 1.58. The van der Waals surface area contributed by atoms with E-state index in [4.69, 9.17) is 14.5 Å².